The van der Waals surface area contributed by atoms with Crippen LogP contribution < -0.4 is 5.73 Å². The Balaban J connectivity index is 1.60. The van der Waals surface area contributed by atoms with Crippen molar-refractivity contribution >= 4 is 11.3 Å². The molecular weight excluding hydrogens is 220 g/mol. The molecule has 2 heterocycles. The van der Waals surface area contributed by atoms with E-state index in [0.29, 0.717) is 6.54 Å². The van der Waals surface area contributed by atoms with E-state index in [1.165, 1.54) is 35.7 Å². The number of rotatable bonds is 6. The fourth-order valence-electron chi connectivity index (χ4n) is 1.98. The van der Waals surface area contributed by atoms with Gasteiger partial charge < -0.3 is 15.4 Å². The van der Waals surface area contributed by atoms with Gasteiger partial charge in [-0.1, -0.05) is 0 Å². The average Bonchev–Trinajstić information content (AvgIpc) is 2.95. The quantitative estimate of drug-likeness (QED) is 0.771. The Morgan fingerprint density at radius 2 is 2.00 bits per heavy atom. The van der Waals surface area contributed by atoms with Crippen molar-refractivity contribution in [3.8, 4) is 0 Å². The smallest absolute Gasteiger partial charge is 0.0810 e. The number of nitrogens with zero attached hydrogens (tertiary/aromatic N) is 1. The predicted octanol–water partition coefficient (Wildman–Crippen LogP) is 1.82. The Kier molecular flexibility index (Phi) is 4.78. The molecule has 0 atom stereocenters. The first-order valence-electron chi connectivity index (χ1n) is 5.96. The summed E-state index contributed by atoms with van der Waals surface area (Å²) in [5.41, 5.74) is 5.56. The number of hydrogen-bond donors (Lipinski definition) is 1. The molecule has 0 aromatic carbocycles. The first-order valence-corrected chi connectivity index (χ1v) is 6.78. The molecule has 4 heteroatoms. The molecular formula is C12H20N2OS. The Morgan fingerprint density at radius 1 is 1.25 bits per heavy atom. The minimum Gasteiger partial charge on any atom is -0.375 e. The molecule has 0 bridgehead atoms. The third-order valence-corrected chi connectivity index (χ3v) is 3.99. The summed E-state index contributed by atoms with van der Waals surface area (Å²) in [6.45, 7) is 5.79. The van der Waals surface area contributed by atoms with Crippen LogP contribution in [0.25, 0.3) is 0 Å². The van der Waals surface area contributed by atoms with Crippen molar-refractivity contribution in [3.05, 3.63) is 21.9 Å². The first-order chi connectivity index (χ1) is 7.88. The van der Waals surface area contributed by atoms with Gasteiger partial charge in [0.05, 0.1) is 13.2 Å². The van der Waals surface area contributed by atoms with Gasteiger partial charge in [0.1, 0.15) is 0 Å². The fraction of sp³-hybridized carbons (Fsp3) is 0.667. The van der Waals surface area contributed by atoms with Gasteiger partial charge in [-0.05, 0) is 38.1 Å². The maximum Gasteiger partial charge on any atom is 0.0810 e. The molecule has 0 unspecified atom stereocenters. The molecule has 1 aliphatic rings. The van der Waals surface area contributed by atoms with E-state index in [1.807, 2.05) is 0 Å². The third kappa shape index (κ3) is 3.56. The van der Waals surface area contributed by atoms with Gasteiger partial charge in [-0.3, -0.25) is 0 Å². The molecule has 1 aromatic rings. The summed E-state index contributed by atoms with van der Waals surface area (Å²) in [6.07, 6.45) is 2.70. The molecule has 0 radical (unpaired) electrons. The minimum absolute atomic E-state index is 0.637. The molecule has 1 aromatic heterocycles. The number of hydrogen-bond acceptors (Lipinski definition) is 4. The van der Waals surface area contributed by atoms with E-state index in [1.54, 1.807) is 11.3 Å². The number of likely N-dealkylation sites (tertiary alicyclic amines) is 1. The normalized spacial score (nSPS) is 17.1. The zero-order valence-electron chi connectivity index (χ0n) is 9.65. The van der Waals surface area contributed by atoms with Gasteiger partial charge in [0.2, 0.25) is 0 Å². The summed E-state index contributed by atoms with van der Waals surface area (Å²) in [5.74, 6) is 0. The summed E-state index contributed by atoms with van der Waals surface area (Å²) in [4.78, 5) is 4.99. The van der Waals surface area contributed by atoms with E-state index < -0.39 is 0 Å². The lowest BCUT2D eigenvalue weighted by Gasteiger charge is -2.13. The highest BCUT2D eigenvalue weighted by Gasteiger charge is 2.10. The molecule has 1 saturated heterocycles. The van der Waals surface area contributed by atoms with Crippen LogP contribution in [0.3, 0.4) is 0 Å². The first kappa shape index (κ1) is 12.0. The zero-order valence-corrected chi connectivity index (χ0v) is 10.5. The molecule has 2 N–H and O–H groups in total. The Bertz CT molecular complexity index is 308. The van der Waals surface area contributed by atoms with Crippen molar-refractivity contribution in [1.29, 1.82) is 0 Å². The van der Waals surface area contributed by atoms with Gasteiger partial charge in [0.15, 0.2) is 0 Å². The van der Waals surface area contributed by atoms with Crippen LogP contribution in [0.2, 0.25) is 0 Å². The van der Waals surface area contributed by atoms with Crippen molar-refractivity contribution < 1.29 is 4.74 Å². The van der Waals surface area contributed by atoms with Crippen LogP contribution in [0.1, 0.15) is 22.6 Å². The number of nitrogens with two attached hydrogens (primary N) is 1. The van der Waals surface area contributed by atoms with E-state index in [0.717, 1.165) is 19.8 Å². The molecule has 2 rings (SSSR count). The summed E-state index contributed by atoms with van der Waals surface area (Å²) in [7, 11) is 0. The van der Waals surface area contributed by atoms with Gasteiger partial charge in [-0.2, -0.15) is 0 Å². The van der Waals surface area contributed by atoms with E-state index in [9.17, 15) is 0 Å². The van der Waals surface area contributed by atoms with Crippen molar-refractivity contribution in [1.82, 2.24) is 4.90 Å². The fourth-order valence-corrected chi connectivity index (χ4v) is 2.82. The zero-order chi connectivity index (χ0) is 11.2. The van der Waals surface area contributed by atoms with Crippen LogP contribution in [0, 0.1) is 0 Å². The van der Waals surface area contributed by atoms with E-state index in [4.69, 9.17) is 10.5 Å². The average molecular weight is 240 g/mol. The van der Waals surface area contributed by atoms with Crippen LogP contribution in [0.4, 0.5) is 0 Å². The lowest BCUT2D eigenvalue weighted by atomic mass is 10.4. The van der Waals surface area contributed by atoms with Gasteiger partial charge in [-0.15, -0.1) is 11.3 Å². The Hall–Kier alpha value is -0.420. The second-order valence-corrected chi connectivity index (χ2v) is 5.43. The minimum atomic E-state index is 0.637. The molecule has 0 spiro atoms. The van der Waals surface area contributed by atoms with Crippen LogP contribution in [0.15, 0.2) is 12.1 Å². The highest BCUT2D eigenvalue weighted by molar-refractivity contribution is 7.11. The molecule has 1 fully saturated rings. The summed E-state index contributed by atoms with van der Waals surface area (Å²) in [5, 5.41) is 0. The number of ether oxygens (including phenoxy) is 1. The highest BCUT2D eigenvalue weighted by atomic mass is 32.1. The second kappa shape index (κ2) is 6.35. The van der Waals surface area contributed by atoms with Crippen LogP contribution in [0.5, 0.6) is 0 Å². The van der Waals surface area contributed by atoms with Gasteiger partial charge in [0.25, 0.3) is 0 Å². The van der Waals surface area contributed by atoms with E-state index in [2.05, 4.69) is 17.0 Å². The maximum atomic E-state index is 5.67. The molecule has 0 saturated carbocycles. The predicted molar refractivity (Wildman–Crippen MR) is 67.5 cm³/mol. The summed E-state index contributed by atoms with van der Waals surface area (Å²) in [6, 6.07) is 4.20. The van der Waals surface area contributed by atoms with Crippen LogP contribution in [-0.4, -0.2) is 31.1 Å². The van der Waals surface area contributed by atoms with Crippen molar-refractivity contribution in [2.75, 3.05) is 26.2 Å². The topological polar surface area (TPSA) is 38.5 Å². The second-order valence-electron chi connectivity index (χ2n) is 4.17. The summed E-state index contributed by atoms with van der Waals surface area (Å²) < 4.78 is 5.67. The molecule has 1 aliphatic heterocycles. The summed E-state index contributed by atoms with van der Waals surface area (Å²) >= 11 is 1.75. The Labute approximate surface area is 101 Å². The molecule has 0 aliphatic carbocycles. The maximum absolute atomic E-state index is 5.67. The largest absolute Gasteiger partial charge is 0.375 e. The van der Waals surface area contributed by atoms with Crippen molar-refractivity contribution in [3.63, 3.8) is 0 Å². The van der Waals surface area contributed by atoms with Gasteiger partial charge in [0, 0.05) is 22.8 Å². The highest BCUT2D eigenvalue weighted by Crippen LogP contribution is 2.16. The van der Waals surface area contributed by atoms with Gasteiger partial charge >= 0.3 is 0 Å². The standard InChI is InChI=1S/C12H20N2OS/c13-9-11-3-4-12(16-11)10-15-8-7-14-5-1-2-6-14/h3-4H,1-2,5-10,13H2. The van der Waals surface area contributed by atoms with Gasteiger partial charge in [-0.25, -0.2) is 0 Å². The van der Waals surface area contributed by atoms with Crippen molar-refractivity contribution in [2.24, 2.45) is 5.73 Å². The molecule has 16 heavy (non-hydrogen) atoms. The molecule has 3 nitrogen and oxygen atoms in total. The Morgan fingerprint density at radius 3 is 2.69 bits per heavy atom. The monoisotopic (exact) mass is 240 g/mol. The molecule has 90 valence electrons. The molecule has 0 amide bonds. The SMILES string of the molecule is NCc1ccc(COCCN2CCCC2)s1. The van der Waals surface area contributed by atoms with Crippen LogP contribution in [-0.2, 0) is 17.9 Å². The lowest BCUT2D eigenvalue weighted by Crippen LogP contribution is -2.23. The third-order valence-electron chi connectivity index (χ3n) is 2.91. The van der Waals surface area contributed by atoms with E-state index >= 15 is 0 Å². The van der Waals surface area contributed by atoms with Crippen LogP contribution >= 0.6 is 11.3 Å². The van der Waals surface area contributed by atoms with E-state index in [-0.39, 0.29) is 0 Å². The lowest BCUT2D eigenvalue weighted by molar-refractivity contribution is 0.101. The number of thiophene rings is 1. The van der Waals surface area contributed by atoms with Crippen molar-refractivity contribution in [2.45, 2.75) is 26.0 Å².